The zero-order valence-corrected chi connectivity index (χ0v) is 34.3. The molecule has 1 heteroatoms. The van der Waals surface area contributed by atoms with Gasteiger partial charge in [0, 0.05) is 22.7 Å². The van der Waals surface area contributed by atoms with Crippen LogP contribution in [0.2, 0.25) is 0 Å². The molecule has 4 saturated carbocycles. The van der Waals surface area contributed by atoms with E-state index in [9.17, 15) is 0 Å². The van der Waals surface area contributed by atoms with Crippen molar-refractivity contribution in [2.45, 2.75) is 195 Å². The van der Waals surface area contributed by atoms with Crippen LogP contribution >= 0.6 is 0 Å². The molecule has 0 aromatic heterocycles. The highest BCUT2D eigenvalue weighted by Gasteiger charge is 2.53. The van der Waals surface area contributed by atoms with Crippen LogP contribution in [-0.4, -0.2) is 13.2 Å². The number of rotatable bonds is 16. The van der Waals surface area contributed by atoms with E-state index in [0.717, 1.165) is 36.9 Å². The van der Waals surface area contributed by atoms with Crippen molar-refractivity contribution in [3.63, 3.8) is 0 Å². The van der Waals surface area contributed by atoms with Gasteiger partial charge in [-0.05, 0) is 85.9 Å². The molecule has 0 saturated heterocycles. The fourth-order valence-electron chi connectivity index (χ4n) is 13.3. The maximum Gasteiger partial charge on any atom is 0.0563 e. The Labute approximate surface area is 317 Å². The molecular formula is C50H82O. The molecule has 0 spiro atoms. The Morgan fingerprint density at radius 3 is 1.16 bits per heavy atom. The molecule has 4 fully saturated rings. The average Bonchev–Trinajstić information content (AvgIpc) is 3.18. The molecule has 0 radical (unpaired) electrons. The lowest BCUT2D eigenvalue weighted by atomic mass is 9.49. The van der Waals surface area contributed by atoms with Crippen molar-refractivity contribution in [1.82, 2.24) is 0 Å². The summed E-state index contributed by atoms with van der Waals surface area (Å²) in [6, 6.07) is 0. The summed E-state index contributed by atoms with van der Waals surface area (Å²) in [7, 11) is 0. The summed E-state index contributed by atoms with van der Waals surface area (Å²) in [5, 5.41) is 0. The predicted molar refractivity (Wildman–Crippen MR) is 221 cm³/mol. The normalized spacial score (nSPS) is 37.8. The van der Waals surface area contributed by atoms with E-state index >= 15 is 0 Å². The Balaban J connectivity index is 0.998. The van der Waals surface area contributed by atoms with Gasteiger partial charge in [0.1, 0.15) is 0 Å². The third-order valence-electron chi connectivity index (χ3n) is 16.7. The highest BCUT2D eigenvalue weighted by Crippen LogP contribution is 2.62. The largest absolute Gasteiger partial charge is 0.380 e. The van der Waals surface area contributed by atoms with Crippen LogP contribution in [0.15, 0.2) is 48.6 Å². The summed E-state index contributed by atoms with van der Waals surface area (Å²) in [6.07, 6.45) is 58.5. The molecule has 0 bridgehead atoms. The van der Waals surface area contributed by atoms with Crippen LogP contribution in [-0.2, 0) is 4.74 Å². The average molecular weight is 699 g/mol. The molecule has 0 heterocycles. The lowest BCUT2D eigenvalue weighted by Gasteiger charge is -2.56. The van der Waals surface area contributed by atoms with Crippen molar-refractivity contribution in [2.75, 3.05) is 13.2 Å². The molecule has 6 aliphatic carbocycles. The number of allylic oxidation sites excluding steroid dienone is 4. The standard InChI is InChI=1S/C50H82O/c1-5-7-11-17-41-19-23-45(24-20-41)49(31-13-9-14-32-49)47(3)35-27-43(28-36-47)39-51-40-44-29-37-48(4,38-30-44)50(33-15-10-16-34-50)46-25-21-42(22-26-46)18-12-8-6-2/h27-30,35-38,41-46H,5-26,31-34,39-40H2,1-4H3. The van der Waals surface area contributed by atoms with E-state index < -0.39 is 0 Å². The first-order valence-corrected chi connectivity index (χ1v) is 23.2. The molecule has 6 aliphatic rings. The van der Waals surface area contributed by atoms with Crippen LogP contribution in [0.4, 0.5) is 0 Å². The summed E-state index contributed by atoms with van der Waals surface area (Å²) >= 11 is 0. The summed E-state index contributed by atoms with van der Waals surface area (Å²) in [6.45, 7) is 11.5. The van der Waals surface area contributed by atoms with E-state index in [1.165, 1.54) is 167 Å². The Morgan fingerprint density at radius 2 is 0.824 bits per heavy atom. The van der Waals surface area contributed by atoms with Crippen LogP contribution in [0.5, 0.6) is 0 Å². The highest BCUT2D eigenvalue weighted by molar-refractivity contribution is 5.27. The molecule has 0 amide bonds. The number of unbranched alkanes of at least 4 members (excludes halogenated alkanes) is 4. The van der Waals surface area contributed by atoms with Crippen molar-refractivity contribution in [3.05, 3.63) is 48.6 Å². The molecule has 0 aromatic rings. The molecule has 0 atom stereocenters. The second-order valence-corrected chi connectivity index (χ2v) is 19.7. The minimum atomic E-state index is 0.201. The van der Waals surface area contributed by atoms with Crippen molar-refractivity contribution < 1.29 is 4.74 Å². The Kier molecular flexibility index (Phi) is 14.4. The van der Waals surface area contributed by atoms with E-state index in [-0.39, 0.29) is 10.8 Å². The van der Waals surface area contributed by atoms with E-state index in [2.05, 4.69) is 76.3 Å². The van der Waals surface area contributed by atoms with E-state index in [4.69, 9.17) is 4.74 Å². The maximum absolute atomic E-state index is 6.52. The van der Waals surface area contributed by atoms with Crippen molar-refractivity contribution in [3.8, 4) is 0 Å². The third-order valence-corrected chi connectivity index (χ3v) is 16.7. The number of hydrogen-bond acceptors (Lipinski definition) is 1. The first-order valence-electron chi connectivity index (χ1n) is 23.2. The fourth-order valence-corrected chi connectivity index (χ4v) is 13.3. The van der Waals surface area contributed by atoms with Crippen LogP contribution in [0.3, 0.4) is 0 Å². The molecule has 6 rings (SSSR count). The zero-order valence-electron chi connectivity index (χ0n) is 34.3. The van der Waals surface area contributed by atoms with Gasteiger partial charge in [-0.15, -0.1) is 0 Å². The minimum Gasteiger partial charge on any atom is -0.380 e. The Morgan fingerprint density at radius 1 is 0.471 bits per heavy atom. The summed E-state index contributed by atoms with van der Waals surface area (Å²) in [5.74, 6) is 4.64. The summed E-state index contributed by atoms with van der Waals surface area (Å²) < 4.78 is 6.52. The molecule has 0 aromatic carbocycles. The predicted octanol–water partition coefficient (Wildman–Crippen LogP) is 15.2. The lowest BCUT2D eigenvalue weighted by molar-refractivity contribution is -0.0161. The van der Waals surface area contributed by atoms with Crippen LogP contribution in [0.1, 0.15) is 195 Å². The molecule has 0 aliphatic heterocycles. The number of hydrogen-bond donors (Lipinski definition) is 0. The molecule has 288 valence electrons. The van der Waals surface area contributed by atoms with Gasteiger partial charge in [0.25, 0.3) is 0 Å². The molecule has 1 nitrogen and oxygen atoms in total. The topological polar surface area (TPSA) is 9.23 Å². The smallest absolute Gasteiger partial charge is 0.0563 e. The van der Waals surface area contributed by atoms with Gasteiger partial charge in [-0.1, -0.05) is 192 Å². The quantitative estimate of drug-likeness (QED) is 0.115. The Hall–Kier alpha value is -1.08. The van der Waals surface area contributed by atoms with Gasteiger partial charge in [-0.25, -0.2) is 0 Å². The molecular weight excluding hydrogens is 617 g/mol. The molecule has 0 unspecified atom stereocenters. The van der Waals surface area contributed by atoms with Crippen molar-refractivity contribution >= 4 is 0 Å². The van der Waals surface area contributed by atoms with E-state index in [1.807, 2.05) is 0 Å². The minimum absolute atomic E-state index is 0.201. The van der Waals surface area contributed by atoms with Gasteiger partial charge < -0.3 is 4.74 Å². The van der Waals surface area contributed by atoms with Gasteiger partial charge in [-0.2, -0.15) is 0 Å². The summed E-state index contributed by atoms with van der Waals surface area (Å²) in [5.41, 5.74) is 1.33. The fraction of sp³-hybridized carbons (Fsp3) is 0.840. The third kappa shape index (κ3) is 9.08. The van der Waals surface area contributed by atoms with Gasteiger partial charge in [-0.3, -0.25) is 0 Å². The lowest BCUT2D eigenvalue weighted by Crippen LogP contribution is -2.47. The second-order valence-electron chi connectivity index (χ2n) is 19.7. The first kappa shape index (κ1) is 39.6. The second kappa shape index (κ2) is 18.5. The van der Waals surface area contributed by atoms with E-state index in [0.29, 0.717) is 22.7 Å². The SMILES string of the molecule is CCCCCC1CCC(C2(C3(C)C=CC(COCC4C=CC(C)(C5(C6CCC(CCCCC)CC6)CCCCC5)C=C4)C=C3)CCCCC2)CC1. The van der Waals surface area contributed by atoms with Crippen LogP contribution < -0.4 is 0 Å². The molecule has 0 N–H and O–H groups in total. The number of ether oxygens (including phenoxy) is 1. The first-order chi connectivity index (χ1) is 24.9. The van der Waals surface area contributed by atoms with Gasteiger partial charge in [0.2, 0.25) is 0 Å². The van der Waals surface area contributed by atoms with Crippen LogP contribution in [0.25, 0.3) is 0 Å². The summed E-state index contributed by atoms with van der Waals surface area (Å²) in [4.78, 5) is 0. The van der Waals surface area contributed by atoms with Gasteiger partial charge in [0.05, 0.1) is 13.2 Å². The van der Waals surface area contributed by atoms with Crippen molar-refractivity contribution in [1.29, 1.82) is 0 Å². The van der Waals surface area contributed by atoms with Crippen molar-refractivity contribution in [2.24, 2.45) is 57.2 Å². The highest BCUT2D eigenvalue weighted by atomic mass is 16.5. The monoisotopic (exact) mass is 699 g/mol. The van der Waals surface area contributed by atoms with Crippen LogP contribution in [0, 0.1) is 57.2 Å². The Bertz CT molecular complexity index is 1020. The maximum atomic E-state index is 6.52. The zero-order chi connectivity index (χ0) is 35.6. The van der Waals surface area contributed by atoms with Gasteiger partial charge in [0.15, 0.2) is 0 Å². The van der Waals surface area contributed by atoms with Gasteiger partial charge >= 0.3 is 0 Å². The molecule has 51 heavy (non-hydrogen) atoms. The van der Waals surface area contributed by atoms with E-state index in [1.54, 1.807) is 0 Å².